The fourth-order valence-corrected chi connectivity index (χ4v) is 2.98. The predicted octanol–water partition coefficient (Wildman–Crippen LogP) is 1.91. The fourth-order valence-electron chi connectivity index (χ4n) is 2.72. The molecule has 0 aliphatic carbocycles. The third-order valence-corrected chi connectivity index (χ3v) is 4.66. The topological polar surface area (TPSA) is 113 Å². The summed E-state index contributed by atoms with van der Waals surface area (Å²) in [4.78, 5) is 34.5. The van der Waals surface area contributed by atoms with Crippen molar-refractivity contribution in [3.63, 3.8) is 0 Å². The predicted molar refractivity (Wildman–Crippen MR) is 101 cm³/mol. The van der Waals surface area contributed by atoms with E-state index in [0.29, 0.717) is 6.54 Å². The van der Waals surface area contributed by atoms with Crippen LogP contribution in [0.2, 0.25) is 5.02 Å². The van der Waals surface area contributed by atoms with Crippen LogP contribution in [0.25, 0.3) is 0 Å². The number of benzene rings is 1. The van der Waals surface area contributed by atoms with Gasteiger partial charge in [0.15, 0.2) is 0 Å². The van der Waals surface area contributed by atoms with Gasteiger partial charge in [0.1, 0.15) is 5.56 Å². The van der Waals surface area contributed by atoms with Gasteiger partial charge in [-0.3, -0.25) is 19.7 Å². The van der Waals surface area contributed by atoms with Crippen LogP contribution in [-0.4, -0.2) is 42.9 Å². The first-order valence-electron chi connectivity index (χ1n) is 8.01. The van der Waals surface area contributed by atoms with Gasteiger partial charge < -0.3 is 16.0 Å². The van der Waals surface area contributed by atoms with Crippen molar-refractivity contribution in [1.82, 2.24) is 16.0 Å². The number of nitro benzene ring substituents is 1. The Kier molecular flexibility index (Phi) is 8.26. The van der Waals surface area contributed by atoms with Crippen molar-refractivity contribution >= 4 is 41.5 Å². The number of hydrogen-bond donors (Lipinski definition) is 3. The molecule has 3 N–H and O–H groups in total. The number of rotatable bonds is 6. The van der Waals surface area contributed by atoms with Crippen LogP contribution in [0.4, 0.5) is 5.69 Å². The van der Waals surface area contributed by atoms with Crippen molar-refractivity contribution in [1.29, 1.82) is 0 Å². The lowest BCUT2D eigenvalue weighted by Crippen LogP contribution is -2.45. The van der Waals surface area contributed by atoms with Crippen molar-refractivity contribution in [2.24, 2.45) is 5.41 Å². The van der Waals surface area contributed by atoms with Crippen LogP contribution in [0, 0.1) is 15.5 Å². The molecule has 0 saturated carbocycles. The highest BCUT2D eigenvalue weighted by Gasteiger charge is 2.27. The number of nitro groups is 1. The second-order valence-corrected chi connectivity index (χ2v) is 6.82. The molecule has 0 unspecified atom stereocenters. The number of amides is 2. The molecule has 0 radical (unpaired) electrons. The van der Waals surface area contributed by atoms with Gasteiger partial charge in [-0.2, -0.15) is 0 Å². The van der Waals surface area contributed by atoms with Gasteiger partial charge in [0.25, 0.3) is 11.6 Å². The van der Waals surface area contributed by atoms with E-state index >= 15 is 0 Å². The summed E-state index contributed by atoms with van der Waals surface area (Å²) in [6.07, 6.45) is 1.93. The molecule has 1 aromatic rings. The molecule has 2 amide bonds. The van der Waals surface area contributed by atoms with E-state index in [1.165, 1.54) is 18.2 Å². The molecule has 1 aliphatic rings. The molecule has 1 fully saturated rings. The highest BCUT2D eigenvalue weighted by atomic mass is 35.5. The molecule has 1 aliphatic heterocycles. The minimum absolute atomic E-state index is 0. The molecular weight excluding hydrogens is 383 g/mol. The lowest BCUT2D eigenvalue weighted by Gasteiger charge is -2.34. The molecule has 144 valence electrons. The van der Waals surface area contributed by atoms with E-state index in [9.17, 15) is 19.7 Å². The fraction of sp³-hybridized carbons (Fsp3) is 0.500. The van der Waals surface area contributed by atoms with E-state index in [4.69, 9.17) is 11.6 Å². The quantitative estimate of drug-likeness (QED) is 0.494. The molecule has 1 aromatic carbocycles. The molecule has 2 rings (SSSR count). The molecule has 26 heavy (non-hydrogen) atoms. The normalized spacial score (nSPS) is 15.5. The molecule has 1 heterocycles. The van der Waals surface area contributed by atoms with Crippen LogP contribution >= 0.6 is 24.0 Å². The molecule has 0 aromatic heterocycles. The smallest absolute Gasteiger partial charge is 0.283 e. The third kappa shape index (κ3) is 5.82. The molecule has 8 nitrogen and oxygen atoms in total. The molecule has 10 heteroatoms. The average molecular weight is 405 g/mol. The van der Waals surface area contributed by atoms with Gasteiger partial charge in [0.2, 0.25) is 5.91 Å². The summed E-state index contributed by atoms with van der Waals surface area (Å²) in [6.45, 7) is 4.20. The van der Waals surface area contributed by atoms with E-state index in [2.05, 4.69) is 22.9 Å². The molecule has 0 bridgehead atoms. The van der Waals surface area contributed by atoms with Crippen LogP contribution in [0.3, 0.4) is 0 Å². The van der Waals surface area contributed by atoms with Crippen molar-refractivity contribution in [3.8, 4) is 0 Å². The van der Waals surface area contributed by atoms with Crippen LogP contribution in [0.5, 0.6) is 0 Å². The largest absolute Gasteiger partial charge is 0.354 e. The van der Waals surface area contributed by atoms with E-state index in [0.717, 1.165) is 25.9 Å². The number of halogens is 2. The zero-order chi connectivity index (χ0) is 18.4. The van der Waals surface area contributed by atoms with Gasteiger partial charge in [-0.25, -0.2) is 0 Å². The number of nitrogens with zero attached hydrogens (tertiary/aromatic N) is 1. The maximum absolute atomic E-state index is 12.2. The Balaban J connectivity index is 0.00000338. The van der Waals surface area contributed by atoms with Crippen molar-refractivity contribution in [3.05, 3.63) is 38.9 Å². The maximum atomic E-state index is 12.2. The highest BCUT2D eigenvalue weighted by molar-refractivity contribution is 6.34. The summed E-state index contributed by atoms with van der Waals surface area (Å²) in [7, 11) is 0. The maximum Gasteiger partial charge on any atom is 0.283 e. The van der Waals surface area contributed by atoms with Gasteiger partial charge in [0, 0.05) is 12.6 Å². The Labute approximate surface area is 162 Å². The van der Waals surface area contributed by atoms with Crippen LogP contribution in [-0.2, 0) is 4.79 Å². The summed E-state index contributed by atoms with van der Waals surface area (Å²) >= 11 is 5.89. The Morgan fingerprint density at radius 3 is 2.58 bits per heavy atom. The standard InChI is InChI=1S/C16H21ClN4O4.ClH/c1-16(5-7-18-8-6-16)10-20-13(22)9-19-15(23)14-11(17)3-2-4-12(14)21(24)25;/h2-4,18H,5-10H2,1H3,(H,19,23)(H,20,22);1H. The third-order valence-electron chi connectivity index (χ3n) is 4.35. The molecule has 0 atom stereocenters. The van der Waals surface area contributed by atoms with Gasteiger partial charge >= 0.3 is 0 Å². The lowest BCUT2D eigenvalue weighted by molar-refractivity contribution is -0.385. The van der Waals surface area contributed by atoms with Crippen LogP contribution < -0.4 is 16.0 Å². The van der Waals surface area contributed by atoms with Crippen LogP contribution in [0.15, 0.2) is 18.2 Å². The number of carbonyl (C=O) groups is 2. The first kappa shape index (κ1) is 22.1. The first-order valence-corrected chi connectivity index (χ1v) is 8.39. The second-order valence-electron chi connectivity index (χ2n) is 6.41. The second kappa shape index (κ2) is 9.70. The van der Waals surface area contributed by atoms with Gasteiger partial charge in [-0.1, -0.05) is 24.6 Å². The summed E-state index contributed by atoms with van der Waals surface area (Å²) in [6, 6.07) is 3.98. The molecule has 0 spiro atoms. The van der Waals surface area contributed by atoms with Crippen LogP contribution in [0.1, 0.15) is 30.1 Å². The zero-order valence-electron chi connectivity index (χ0n) is 14.3. The van der Waals surface area contributed by atoms with Crippen molar-refractivity contribution < 1.29 is 14.5 Å². The number of nitrogens with one attached hydrogen (secondary N) is 3. The zero-order valence-corrected chi connectivity index (χ0v) is 15.9. The Hall–Kier alpha value is -1.90. The number of hydrogen-bond acceptors (Lipinski definition) is 5. The molecular formula is C16H22Cl2N4O4. The monoisotopic (exact) mass is 404 g/mol. The SMILES string of the molecule is CC1(CNC(=O)CNC(=O)c2c(Cl)cccc2[N+](=O)[O-])CCNCC1.Cl. The highest BCUT2D eigenvalue weighted by Crippen LogP contribution is 2.27. The number of piperidine rings is 1. The summed E-state index contributed by atoms with van der Waals surface area (Å²) < 4.78 is 0. The lowest BCUT2D eigenvalue weighted by atomic mass is 9.81. The van der Waals surface area contributed by atoms with Gasteiger partial charge in [-0.05, 0) is 37.4 Å². The summed E-state index contributed by atoms with van der Waals surface area (Å²) in [5, 5.41) is 19.4. The van der Waals surface area contributed by atoms with E-state index in [1.807, 2.05) is 0 Å². The average Bonchev–Trinajstić information content (AvgIpc) is 2.58. The Morgan fingerprint density at radius 2 is 1.96 bits per heavy atom. The Morgan fingerprint density at radius 1 is 1.31 bits per heavy atom. The minimum atomic E-state index is -0.750. The van der Waals surface area contributed by atoms with E-state index < -0.39 is 16.5 Å². The van der Waals surface area contributed by atoms with Gasteiger partial charge in [0.05, 0.1) is 16.5 Å². The van der Waals surface area contributed by atoms with Crippen molar-refractivity contribution in [2.75, 3.05) is 26.2 Å². The Bertz CT molecular complexity index is 678. The summed E-state index contributed by atoms with van der Waals surface area (Å²) in [5.41, 5.74) is -0.605. The minimum Gasteiger partial charge on any atom is -0.354 e. The van der Waals surface area contributed by atoms with Gasteiger partial charge in [-0.15, -0.1) is 12.4 Å². The summed E-state index contributed by atoms with van der Waals surface area (Å²) in [5.74, 6) is -1.09. The van der Waals surface area contributed by atoms with E-state index in [-0.39, 0.29) is 40.9 Å². The van der Waals surface area contributed by atoms with Crippen molar-refractivity contribution in [2.45, 2.75) is 19.8 Å². The van der Waals surface area contributed by atoms with E-state index in [1.54, 1.807) is 0 Å². The number of carbonyl (C=O) groups excluding carboxylic acids is 2. The first-order chi connectivity index (χ1) is 11.8. The molecule has 1 saturated heterocycles.